The standard InChI is InChI=1S/C27H24Cl2N4O3S/c1-27(2,22-11-18(13-30)25(23(29)12-22)36-9-8-28)21-6-4-17(5-7-21)19-10-20-15-31-24(16-37(3,34)35)33-26(20)32-14-19/h4-7,10-12,14-15H,8-9,16H2,1-3H3. The highest BCUT2D eigenvalue weighted by Gasteiger charge is 2.26. The minimum absolute atomic E-state index is 0.222. The first kappa shape index (κ1) is 26.8. The van der Waals surface area contributed by atoms with Crippen LogP contribution in [0.4, 0.5) is 0 Å². The number of fused-ring (bicyclic) bond motifs is 1. The number of ether oxygens (including phenoxy) is 1. The Bertz CT molecular complexity index is 1620. The van der Waals surface area contributed by atoms with Crippen molar-refractivity contribution in [3.8, 4) is 22.9 Å². The van der Waals surface area contributed by atoms with E-state index in [0.717, 1.165) is 28.5 Å². The van der Waals surface area contributed by atoms with Crippen molar-refractivity contribution in [3.63, 3.8) is 0 Å². The minimum atomic E-state index is -3.23. The molecule has 0 aliphatic rings. The maximum atomic E-state index is 11.5. The van der Waals surface area contributed by atoms with Crippen LogP contribution in [-0.2, 0) is 21.0 Å². The van der Waals surface area contributed by atoms with Gasteiger partial charge in [-0.3, -0.25) is 0 Å². The van der Waals surface area contributed by atoms with Gasteiger partial charge < -0.3 is 4.74 Å². The van der Waals surface area contributed by atoms with Crippen molar-refractivity contribution in [3.05, 3.63) is 82.4 Å². The van der Waals surface area contributed by atoms with Crippen LogP contribution in [0.15, 0.2) is 54.9 Å². The molecule has 2 heterocycles. The Labute approximate surface area is 226 Å². The third kappa shape index (κ3) is 6.02. The van der Waals surface area contributed by atoms with E-state index >= 15 is 0 Å². The second kappa shape index (κ2) is 10.6. The highest BCUT2D eigenvalue weighted by molar-refractivity contribution is 7.89. The summed E-state index contributed by atoms with van der Waals surface area (Å²) in [6, 6.07) is 15.8. The molecule has 0 fully saturated rings. The number of rotatable bonds is 8. The summed E-state index contributed by atoms with van der Waals surface area (Å²) in [5.74, 6) is 0.634. The fourth-order valence-corrected chi connectivity index (χ4v) is 4.95. The lowest BCUT2D eigenvalue weighted by Gasteiger charge is -2.27. The number of aromatic nitrogens is 3. The van der Waals surface area contributed by atoms with E-state index in [1.54, 1.807) is 18.5 Å². The molecule has 0 saturated carbocycles. The smallest absolute Gasteiger partial charge is 0.162 e. The van der Waals surface area contributed by atoms with E-state index in [1.165, 1.54) is 0 Å². The molecule has 4 rings (SSSR count). The van der Waals surface area contributed by atoms with Crippen LogP contribution in [-0.4, -0.2) is 42.1 Å². The van der Waals surface area contributed by atoms with E-state index < -0.39 is 15.3 Å². The van der Waals surface area contributed by atoms with Gasteiger partial charge in [-0.2, -0.15) is 5.26 Å². The summed E-state index contributed by atoms with van der Waals surface area (Å²) in [6.45, 7) is 4.39. The van der Waals surface area contributed by atoms with Crippen molar-refractivity contribution in [2.75, 3.05) is 18.7 Å². The normalized spacial score (nSPS) is 11.9. The van der Waals surface area contributed by atoms with Crippen LogP contribution in [0.25, 0.3) is 22.2 Å². The summed E-state index contributed by atoms with van der Waals surface area (Å²) >= 11 is 12.2. The summed E-state index contributed by atoms with van der Waals surface area (Å²) in [6.07, 6.45) is 4.44. The lowest BCUT2D eigenvalue weighted by atomic mass is 9.77. The number of sulfone groups is 1. The van der Waals surface area contributed by atoms with Gasteiger partial charge >= 0.3 is 0 Å². The molecule has 0 amide bonds. The summed E-state index contributed by atoms with van der Waals surface area (Å²) in [5.41, 5.74) is 4.12. The van der Waals surface area contributed by atoms with Gasteiger partial charge in [0.05, 0.1) is 16.5 Å². The monoisotopic (exact) mass is 554 g/mol. The number of halogens is 2. The first-order valence-corrected chi connectivity index (χ1v) is 14.3. The number of hydrogen-bond donors (Lipinski definition) is 0. The van der Waals surface area contributed by atoms with Gasteiger partial charge in [0.2, 0.25) is 0 Å². The molecule has 0 aliphatic carbocycles. The van der Waals surface area contributed by atoms with Crippen LogP contribution in [0.5, 0.6) is 5.75 Å². The summed E-state index contributed by atoms with van der Waals surface area (Å²) < 4.78 is 28.6. The molecule has 4 aromatic rings. The van der Waals surface area contributed by atoms with Crippen LogP contribution in [0.3, 0.4) is 0 Å². The van der Waals surface area contributed by atoms with Gasteiger partial charge in [-0.05, 0) is 34.9 Å². The van der Waals surface area contributed by atoms with E-state index in [2.05, 4.69) is 34.9 Å². The highest BCUT2D eigenvalue weighted by atomic mass is 35.5. The van der Waals surface area contributed by atoms with Gasteiger partial charge in [0.15, 0.2) is 21.2 Å². The fourth-order valence-electron chi connectivity index (χ4n) is 3.99. The molecule has 0 unspecified atom stereocenters. The fraction of sp³-hybridized carbons (Fsp3) is 0.259. The number of nitrogens with zero attached hydrogens (tertiary/aromatic N) is 4. The summed E-state index contributed by atoms with van der Waals surface area (Å²) in [4.78, 5) is 12.9. The predicted octanol–water partition coefficient (Wildman–Crippen LogP) is 5.70. The van der Waals surface area contributed by atoms with Gasteiger partial charge in [0.1, 0.15) is 24.3 Å². The van der Waals surface area contributed by atoms with Crippen LogP contribution in [0.2, 0.25) is 5.02 Å². The Morgan fingerprint density at radius 1 is 1.03 bits per heavy atom. The Morgan fingerprint density at radius 3 is 2.41 bits per heavy atom. The second-order valence-electron chi connectivity index (χ2n) is 9.18. The molecule has 2 aromatic heterocycles. The molecule has 37 heavy (non-hydrogen) atoms. The quantitative estimate of drug-likeness (QED) is 0.257. The van der Waals surface area contributed by atoms with Crippen molar-refractivity contribution < 1.29 is 13.2 Å². The van der Waals surface area contributed by atoms with Crippen LogP contribution in [0.1, 0.15) is 36.4 Å². The molecule has 7 nitrogen and oxygen atoms in total. The Balaban J connectivity index is 1.62. The number of nitriles is 1. The van der Waals surface area contributed by atoms with Crippen LogP contribution >= 0.6 is 23.2 Å². The molecule has 0 bridgehead atoms. The van der Waals surface area contributed by atoms with E-state index in [1.807, 2.05) is 36.4 Å². The molecule has 0 spiro atoms. The first-order chi connectivity index (χ1) is 17.5. The molecule has 0 N–H and O–H groups in total. The molecule has 0 aliphatic heterocycles. The number of benzene rings is 2. The van der Waals surface area contributed by atoms with Crippen LogP contribution < -0.4 is 4.74 Å². The highest BCUT2D eigenvalue weighted by Crippen LogP contribution is 2.38. The van der Waals surface area contributed by atoms with Gasteiger partial charge in [-0.25, -0.2) is 23.4 Å². The number of pyridine rings is 1. The summed E-state index contributed by atoms with van der Waals surface area (Å²) in [7, 11) is -3.23. The maximum Gasteiger partial charge on any atom is 0.162 e. The molecule has 0 atom stereocenters. The summed E-state index contributed by atoms with van der Waals surface area (Å²) in [5, 5.41) is 10.7. The van der Waals surface area contributed by atoms with Gasteiger partial charge in [0, 0.05) is 35.0 Å². The van der Waals surface area contributed by atoms with Crippen molar-refractivity contribution in [1.82, 2.24) is 15.0 Å². The van der Waals surface area contributed by atoms with E-state index in [4.69, 9.17) is 27.9 Å². The third-order valence-corrected chi connectivity index (χ3v) is 7.24. The topological polar surface area (TPSA) is 106 Å². The minimum Gasteiger partial charge on any atom is -0.489 e. The van der Waals surface area contributed by atoms with Crippen molar-refractivity contribution in [2.24, 2.45) is 0 Å². The molecule has 0 radical (unpaired) electrons. The number of alkyl halides is 1. The van der Waals surface area contributed by atoms with Crippen molar-refractivity contribution in [2.45, 2.75) is 25.0 Å². The zero-order valence-corrected chi connectivity index (χ0v) is 22.8. The van der Waals surface area contributed by atoms with Gasteiger partial charge in [-0.15, -0.1) is 11.6 Å². The largest absolute Gasteiger partial charge is 0.489 e. The Hall–Kier alpha value is -3.25. The van der Waals surface area contributed by atoms with E-state index in [9.17, 15) is 13.7 Å². The third-order valence-electron chi connectivity index (χ3n) is 6.02. The molecular weight excluding hydrogens is 531 g/mol. The maximum absolute atomic E-state index is 11.5. The zero-order chi connectivity index (χ0) is 26.8. The van der Waals surface area contributed by atoms with Crippen molar-refractivity contribution >= 4 is 44.1 Å². The lowest BCUT2D eigenvalue weighted by molar-refractivity contribution is 0.341. The lowest BCUT2D eigenvalue weighted by Crippen LogP contribution is -2.19. The number of hydrogen-bond acceptors (Lipinski definition) is 7. The first-order valence-electron chi connectivity index (χ1n) is 11.3. The average molecular weight is 555 g/mol. The SMILES string of the molecule is CC(C)(c1ccc(-c2cnc3nc(CS(C)(=O)=O)ncc3c2)cc1)c1cc(Cl)c(OCCCl)c(C#N)c1. The van der Waals surface area contributed by atoms with Gasteiger partial charge in [-0.1, -0.05) is 49.7 Å². The van der Waals surface area contributed by atoms with Crippen molar-refractivity contribution in [1.29, 1.82) is 5.26 Å². The molecule has 2 aromatic carbocycles. The van der Waals surface area contributed by atoms with Gasteiger partial charge in [0.25, 0.3) is 0 Å². The van der Waals surface area contributed by atoms with E-state index in [0.29, 0.717) is 33.2 Å². The molecule has 0 saturated heterocycles. The molecule has 10 heteroatoms. The Kier molecular flexibility index (Phi) is 7.69. The predicted molar refractivity (Wildman–Crippen MR) is 146 cm³/mol. The average Bonchev–Trinajstić information content (AvgIpc) is 2.86. The van der Waals surface area contributed by atoms with E-state index in [-0.39, 0.29) is 18.2 Å². The Morgan fingerprint density at radius 2 is 1.76 bits per heavy atom. The molecular formula is C27H24Cl2N4O3S. The molecule has 190 valence electrons. The zero-order valence-electron chi connectivity index (χ0n) is 20.5. The second-order valence-corrected chi connectivity index (χ2v) is 12.1. The van der Waals surface area contributed by atoms with Crippen LogP contribution in [0, 0.1) is 11.3 Å².